The van der Waals surface area contributed by atoms with Crippen LogP contribution in [0.3, 0.4) is 0 Å². The minimum absolute atomic E-state index is 0.180. The van der Waals surface area contributed by atoms with Gasteiger partial charge in [0.05, 0.1) is 6.54 Å². The highest BCUT2D eigenvalue weighted by molar-refractivity contribution is 5.79. The topological polar surface area (TPSA) is 39.7 Å². The Balaban J connectivity index is 1.57. The predicted octanol–water partition coefficient (Wildman–Crippen LogP) is 3.77. The zero-order valence-electron chi connectivity index (χ0n) is 16.0. The van der Waals surface area contributed by atoms with Crippen molar-refractivity contribution in [3.63, 3.8) is 0 Å². The molecule has 0 spiro atoms. The number of hydrogen-bond acceptors (Lipinski definition) is 2. The summed E-state index contributed by atoms with van der Waals surface area (Å²) in [6.07, 6.45) is 4.38. The van der Waals surface area contributed by atoms with Gasteiger partial charge >= 0.3 is 0 Å². The van der Waals surface area contributed by atoms with Crippen molar-refractivity contribution in [2.45, 2.75) is 26.9 Å². The first-order valence-electron chi connectivity index (χ1n) is 9.42. The van der Waals surface area contributed by atoms with Gasteiger partial charge in [-0.25, -0.2) is 9.38 Å². The molecular weight excluding hydrogens is 339 g/mol. The highest BCUT2D eigenvalue weighted by Crippen LogP contribution is 2.17. The molecule has 1 aliphatic heterocycles. The Morgan fingerprint density at radius 2 is 1.74 bits per heavy atom. The number of halogens is 1. The van der Waals surface area contributed by atoms with Crippen molar-refractivity contribution in [1.82, 2.24) is 10.6 Å². The van der Waals surface area contributed by atoms with E-state index < -0.39 is 0 Å². The quantitative estimate of drug-likeness (QED) is 0.464. The SMILES string of the molecule is CCNC(=NCc1ccc(F)c(C)c1)NCc1ccc(N2CC=CC2)cc1. The fourth-order valence-electron chi connectivity index (χ4n) is 3.02. The van der Waals surface area contributed by atoms with E-state index in [9.17, 15) is 4.39 Å². The molecule has 2 aromatic carbocycles. The van der Waals surface area contributed by atoms with Crippen LogP contribution in [0.25, 0.3) is 0 Å². The first-order chi connectivity index (χ1) is 13.2. The van der Waals surface area contributed by atoms with Crippen LogP contribution in [0.15, 0.2) is 59.6 Å². The molecule has 0 bridgehead atoms. The number of aliphatic imine (C=N–C) groups is 1. The van der Waals surface area contributed by atoms with E-state index in [0.717, 1.165) is 31.2 Å². The van der Waals surface area contributed by atoms with Crippen molar-refractivity contribution >= 4 is 11.6 Å². The number of hydrogen-bond donors (Lipinski definition) is 2. The number of guanidine groups is 1. The Bertz CT molecular complexity index is 804. The van der Waals surface area contributed by atoms with Crippen LogP contribution in [-0.4, -0.2) is 25.6 Å². The summed E-state index contributed by atoms with van der Waals surface area (Å²) in [5.74, 6) is 0.577. The van der Waals surface area contributed by atoms with Crippen molar-refractivity contribution in [1.29, 1.82) is 0 Å². The fraction of sp³-hybridized carbons (Fsp3) is 0.318. The van der Waals surface area contributed by atoms with Crippen molar-refractivity contribution in [2.24, 2.45) is 4.99 Å². The summed E-state index contributed by atoms with van der Waals surface area (Å²) in [4.78, 5) is 6.93. The minimum atomic E-state index is -0.180. The van der Waals surface area contributed by atoms with E-state index in [2.05, 4.69) is 56.9 Å². The molecule has 0 atom stereocenters. The van der Waals surface area contributed by atoms with Crippen LogP contribution < -0.4 is 15.5 Å². The standard InChI is InChI=1S/C22H27FN4/c1-3-24-22(26-16-19-8-11-21(23)17(2)14-19)25-15-18-6-9-20(10-7-18)27-12-4-5-13-27/h4-11,14H,3,12-13,15-16H2,1-2H3,(H2,24,25,26). The maximum atomic E-state index is 13.4. The number of nitrogens with one attached hydrogen (secondary N) is 2. The molecular formula is C22H27FN4. The summed E-state index contributed by atoms with van der Waals surface area (Å²) in [5, 5.41) is 6.61. The molecule has 1 aliphatic rings. The Labute approximate surface area is 160 Å². The van der Waals surface area contributed by atoms with E-state index in [1.807, 2.05) is 13.0 Å². The lowest BCUT2D eigenvalue weighted by molar-refractivity contribution is 0.617. The van der Waals surface area contributed by atoms with Crippen LogP contribution >= 0.6 is 0 Å². The van der Waals surface area contributed by atoms with Gasteiger partial charge in [-0.1, -0.05) is 36.4 Å². The smallest absolute Gasteiger partial charge is 0.191 e. The number of benzene rings is 2. The lowest BCUT2D eigenvalue weighted by atomic mass is 10.1. The second kappa shape index (κ2) is 9.21. The first kappa shape index (κ1) is 19.0. The van der Waals surface area contributed by atoms with Crippen molar-refractivity contribution in [3.05, 3.63) is 77.1 Å². The molecule has 0 aliphatic carbocycles. The van der Waals surface area contributed by atoms with E-state index >= 15 is 0 Å². The maximum Gasteiger partial charge on any atom is 0.191 e. The third-order valence-electron chi connectivity index (χ3n) is 4.57. The van der Waals surface area contributed by atoms with E-state index in [1.165, 1.54) is 17.3 Å². The Kier molecular flexibility index (Phi) is 6.47. The molecule has 2 aromatic rings. The van der Waals surface area contributed by atoms with Crippen molar-refractivity contribution in [2.75, 3.05) is 24.5 Å². The van der Waals surface area contributed by atoms with Gasteiger partial charge in [-0.3, -0.25) is 0 Å². The van der Waals surface area contributed by atoms with E-state index in [0.29, 0.717) is 18.7 Å². The molecule has 0 saturated carbocycles. The van der Waals surface area contributed by atoms with Crippen LogP contribution in [0.5, 0.6) is 0 Å². The van der Waals surface area contributed by atoms with E-state index in [-0.39, 0.29) is 5.82 Å². The Morgan fingerprint density at radius 1 is 1.04 bits per heavy atom. The second-order valence-corrected chi connectivity index (χ2v) is 6.68. The summed E-state index contributed by atoms with van der Waals surface area (Å²) in [7, 11) is 0. The summed E-state index contributed by atoms with van der Waals surface area (Å²) >= 11 is 0. The maximum absolute atomic E-state index is 13.4. The molecule has 142 valence electrons. The average molecular weight is 366 g/mol. The zero-order valence-corrected chi connectivity index (χ0v) is 16.0. The third-order valence-corrected chi connectivity index (χ3v) is 4.57. The largest absolute Gasteiger partial charge is 0.364 e. The highest BCUT2D eigenvalue weighted by Gasteiger charge is 2.07. The lowest BCUT2D eigenvalue weighted by Gasteiger charge is -2.18. The van der Waals surface area contributed by atoms with Crippen molar-refractivity contribution < 1.29 is 4.39 Å². The summed E-state index contributed by atoms with van der Waals surface area (Å²) < 4.78 is 13.4. The third kappa shape index (κ3) is 5.33. The van der Waals surface area contributed by atoms with Crippen LogP contribution in [0.4, 0.5) is 10.1 Å². The van der Waals surface area contributed by atoms with E-state index in [1.54, 1.807) is 13.0 Å². The summed E-state index contributed by atoms with van der Waals surface area (Å²) in [5.41, 5.74) is 4.09. The van der Waals surface area contributed by atoms with Crippen molar-refractivity contribution in [3.8, 4) is 0 Å². The Hall–Kier alpha value is -2.82. The highest BCUT2D eigenvalue weighted by atomic mass is 19.1. The number of nitrogens with zero attached hydrogens (tertiary/aromatic N) is 2. The normalized spacial score (nSPS) is 13.9. The van der Waals surface area contributed by atoms with Crippen LogP contribution in [0.2, 0.25) is 0 Å². The van der Waals surface area contributed by atoms with Crippen LogP contribution in [-0.2, 0) is 13.1 Å². The molecule has 27 heavy (non-hydrogen) atoms. The van der Waals surface area contributed by atoms with Gasteiger partial charge in [0.2, 0.25) is 0 Å². The Morgan fingerprint density at radius 3 is 2.41 bits per heavy atom. The number of rotatable bonds is 6. The molecule has 1 heterocycles. The van der Waals surface area contributed by atoms with Gasteiger partial charge in [0.1, 0.15) is 5.82 Å². The predicted molar refractivity (Wildman–Crippen MR) is 111 cm³/mol. The summed E-state index contributed by atoms with van der Waals surface area (Å²) in [6.45, 7) is 7.78. The molecule has 0 saturated heterocycles. The van der Waals surface area contributed by atoms with Crippen LogP contribution in [0, 0.1) is 12.7 Å². The van der Waals surface area contributed by atoms with Gasteiger partial charge in [-0.15, -0.1) is 0 Å². The van der Waals surface area contributed by atoms with Gasteiger partial charge in [0, 0.05) is 31.9 Å². The molecule has 0 unspecified atom stereocenters. The first-order valence-corrected chi connectivity index (χ1v) is 9.42. The molecule has 3 rings (SSSR count). The molecule has 0 radical (unpaired) electrons. The molecule has 5 heteroatoms. The molecule has 0 aromatic heterocycles. The minimum Gasteiger partial charge on any atom is -0.364 e. The van der Waals surface area contributed by atoms with E-state index in [4.69, 9.17) is 0 Å². The average Bonchev–Trinajstić information content (AvgIpc) is 3.22. The molecule has 0 amide bonds. The molecule has 4 nitrogen and oxygen atoms in total. The van der Waals surface area contributed by atoms with Gasteiger partial charge in [0.15, 0.2) is 5.96 Å². The molecule has 0 fully saturated rings. The number of anilines is 1. The van der Waals surface area contributed by atoms with Gasteiger partial charge in [0.25, 0.3) is 0 Å². The van der Waals surface area contributed by atoms with Gasteiger partial charge in [-0.05, 0) is 48.7 Å². The number of aryl methyl sites for hydroxylation is 1. The van der Waals surface area contributed by atoms with Gasteiger partial charge < -0.3 is 15.5 Å². The zero-order chi connectivity index (χ0) is 19.1. The second-order valence-electron chi connectivity index (χ2n) is 6.68. The monoisotopic (exact) mass is 366 g/mol. The molecule has 2 N–H and O–H groups in total. The van der Waals surface area contributed by atoms with Crippen LogP contribution in [0.1, 0.15) is 23.6 Å². The lowest BCUT2D eigenvalue weighted by Crippen LogP contribution is -2.36. The van der Waals surface area contributed by atoms with Gasteiger partial charge in [-0.2, -0.15) is 0 Å². The summed E-state index contributed by atoms with van der Waals surface area (Å²) in [6, 6.07) is 13.7. The fourth-order valence-corrected chi connectivity index (χ4v) is 3.02.